The Morgan fingerprint density at radius 1 is 0.812 bits per heavy atom. The maximum atomic E-state index is 6.03. The van der Waals surface area contributed by atoms with E-state index in [0.717, 1.165) is 45.5 Å². The van der Waals surface area contributed by atoms with Gasteiger partial charge in [-0.2, -0.15) is 0 Å². The molecule has 0 saturated carbocycles. The van der Waals surface area contributed by atoms with E-state index in [2.05, 4.69) is 17.7 Å². The lowest BCUT2D eigenvalue weighted by Gasteiger charge is -2.31. The summed E-state index contributed by atoms with van der Waals surface area (Å²) in [6.45, 7) is 9.77. The Bertz CT molecular complexity index is 408. The summed E-state index contributed by atoms with van der Waals surface area (Å²) in [4.78, 5) is 2.30. The highest BCUT2D eigenvalue weighted by atomic mass is 31.2. The van der Waals surface area contributed by atoms with Crippen LogP contribution < -0.4 is 0 Å². The van der Waals surface area contributed by atoms with Crippen molar-refractivity contribution in [2.24, 2.45) is 0 Å². The van der Waals surface area contributed by atoms with E-state index in [1.807, 2.05) is 13.8 Å². The predicted octanol–water partition coefficient (Wildman–Crippen LogP) is 8.50. The fourth-order valence-corrected chi connectivity index (χ4v) is 4.97. The zero-order valence-corrected chi connectivity index (χ0v) is 22.8. The summed E-state index contributed by atoms with van der Waals surface area (Å²) in [5.74, 6) is 2.72. The van der Waals surface area contributed by atoms with Gasteiger partial charge < -0.3 is 13.6 Å². The number of hydrogen-bond donors (Lipinski definition) is 0. The molecule has 0 amide bonds. The molecule has 0 aliphatic carbocycles. The molecule has 1 rings (SSSR count). The van der Waals surface area contributed by atoms with Crippen LogP contribution in [0.2, 0.25) is 0 Å². The Morgan fingerprint density at radius 3 is 1.72 bits per heavy atom. The van der Waals surface area contributed by atoms with Crippen LogP contribution in [0, 0.1) is 12.3 Å². The standard InChI is InChI=1S/C25H48NO3P.C2H6/c1-4-6-7-8-9-10-11-12-13-14-15-16-17-18-24-28-30(27-3)29-25-19-22-26(21-5-2)23-20-25;1-2/h2,25H,4,6-24H2,1,3H3;1-2H3. The molecule has 190 valence electrons. The van der Waals surface area contributed by atoms with Crippen LogP contribution >= 0.6 is 8.60 Å². The smallest absolute Gasteiger partial charge is 0.316 e. The molecule has 0 aromatic carbocycles. The van der Waals surface area contributed by atoms with E-state index >= 15 is 0 Å². The highest BCUT2D eigenvalue weighted by molar-refractivity contribution is 7.41. The summed E-state index contributed by atoms with van der Waals surface area (Å²) in [6.07, 6.45) is 26.8. The van der Waals surface area contributed by atoms with Gasteiger partial charge in [-0.3, -0.25) is 4.90 Å². The summed E-state index contributed by atoms with van der Waals surface area (Å²) in [5, 5.41) is 0. The Morgan fingerprint density at radius 2 is 1.28 bits per heavy atom. The van der Waals surface area contributed by atoms with Gasteiger partial charge in [-0.05, 0) is 19.3 Å². The van der Waals surface area contributed by atoms with Crippen molar-refractivity contribution in [3.8, 4) is 12.3 Å². The first-order valence-electron chi connectivity index (χ1n) is 13.6. The van der Waals surface area contributed by atoms with Gasteiger partial charge in [0.15, 0.2) is 0 Å². The average Bonchev–Trinajstić information content (AvgIpc) is 2.83. The number of terminal acetylenes is 1. The quantitative estimate of drug-likeness (QED) is 0.101. The Hall–Kier alpha value is -0.170. The van der Waals surface area contributed by atoms with E-state index in [1.165, 1.54) is 83.5 Å². The number of unbranched alkanes of at least 4 members (excludes halogenated alkanes) is 13. The molecule has 0 spiro atoms. The monoisotopic (exact) mass is 471 g/mol. The van der Waals surface area contributed by atoms with Crippen molar-refractivity contribution in [2.75, 3.05) is 33.4 Å². The fraction of sp³-hybridized carbons (Fsp3) is 0.926. The van der Waals surface area contributed by atoms with Crippen LogP contribution in [0.1, 0.15) is 124 Å². The first-order chi connectivity index (χ1) is 15.8. The topological polar surface area (TPSA) is 30.9 Å². The SMILES string of the molecule is C#CCN1CCC(OP(OC)OCCCCCCCCCCCCCCCC)CC1.CC. The molecule has 1 aliphatic heterocycles. The Kier molecular flexibility index (Phi) is 25.3. The summed E-state index contributed by atoms with van der Waals surface area (Å²) < 4.78 is 17.3. The summed E-state index contributed by atoms with van der Waals surface area (Å²) in [7, 11) is 0.481. The molecule has 1 heterocycles. The minimum Gasteiger partial charge on any atom is -0.316 e. The fourth-order valence-electron chi connectivity index (χ4n) is 3.99. The third-order valence-corrected chi connectivity index (χ3v) is 7.09. The first-order valence-corrected chi connectivity index (χ1v) is 14.7. The molecule has 4 nitrogen and oxygen atoms in total. The van der Waals surface area contributed by atoms with E-state index in [4.69, 9.17) is 20.0 Å². The molecular formula is C27H54NO3P. The van der Waals surface area contributed by atoms with E-state index < -0.39 is 8.60 Å². The van der Waals surface area contributed by atoms with Crippen molar-refractivity contribution in [3.05, 3.63) is 0 Å². The van der Waals surface area contributed by atoms with E-state index in [0.29, 0.717) is 0 Å². The van der Waals surface area contributed by atoms with Gasteiger partial charge in [0.05, 0.1) is 19.3 Å². The summed E-state index contributed by atoms with van der Waals surface area (Å²) in [6, 6.07) is 0. The van der Waals surface area contributed by atoms with Gasteiger partial charge >= 0.3 is 8.60 Å². The van der Waals surface area contributed by atoms with Crippen LogP contribution in [0.5, 0.6) is 0 Å². The van der Waals surface area contributed by atoms with Crippen molar-refractivity contribution >= 4 is 8.60 Å². The van der Waals surface area contributed by atoms with Gasteiger partial charge in [-0.15, -0.1) is 6.42 Å². The van der Waals surface area contributed by atoms with E-state index in [1.54, 1.807) is 7.11 Å². The van der Waals surface area contributed by atoms with E-state index in [9.17, 15) is 0 Å². The van der Waals surface area contributed by atoms with Gasteiger partial charge in [0.25, 0.3) is 0 Å². The van der Waals surface area contributed by atoms with Crippen molar-refractivity contribution in [3.63, 3.8) is 0 Å². The van der Waals surface area contributed by atoms with Gasteiger partial charge in [-0.25, -0.2) is 0 Å². The predicted molar refractivity (Wildman–Crippen MR) is 141 cm³/mol. The molecule has 1 saturated heterocycles. The zero-order valence-electron chi connectivity index (χ0n) is 21.9. The number of rotatable bonds is 20. The van der Waals surface area contributed by atoms with Crippen LogP contribution in [0.3, 0.4) is 0 Å². The molecule has 0 N–H and O–H groups in total. The van der Waals surface area contributed by atoms with Crippen LogP contribution in [0.4, 0.5) is 0 Å². The molecule has 0 aromatic rings. The largest absolute Gasteiger partial charge is 0.332 e. The molecule has 0 bridgehead atoms. The van der Waals surface area contributed by atoms with Gasteiger partial charge in [-0.1, -0.05) is 110 Å². The minimum atomic E-state index is -1.20. The van der Waals surface area contributed by atoms with Crippen molar-refractivity contribution in [2.45, 2.75) is 130 Å². The molecule has 1 unspecified atom stereocenters. The van der Waals surface area contributed by atoms with Gasteiger partial charge in [0, 0.05) is 20.2 Å². The molecule has 32 heavy (non-hydrogen) atoms. The second-order valence-corrected chi connectivity index (χ2v) is 9.90. The lowest BCUT2D eigenvalue weighted by atomic mass is 10.0. The number of nitrogens with zero attached hydrogens (tertiary/aromatic N) is 1. The molecular weight excluding hydrogens is 417 g/mol. The van der Waals surface area contributed by atoms with Gasteiger partial charge in [0.1, 0.15) is 0 Å². The first kappa shape index (κ1) is 31.8. The molecule has 5 heteroatoms. The number of piperidine rings is 1. The average molecular weight is 472 g/mol. The van der Waals surface area contributed by atoms with Crippen molar-refractivity contribution < 1.29 is 13.6 Å². The van der Waals surface area contributed by atoms with Gasteiger partial charge in [0.2, 0.25) is 0 Å². The minimum absolute atomic E-state index is 0.237. The van der Waals surface area contributed by atoms with Crippen LogP contribution in [-0.4, -0.2) is 44.4 Å². The Labute approximate surface area is 202 Å². The number of hydrogen-bond acceptors (Lipinski definition) is 4. The third kappa shape index (κ3) is 19.3. The second kappa shape index (κ2) is 25.5. The summed E-state index contributed by atoms with van der Waals surface area (Å²) in [5.41, 5.74) is 0. The lowest BCUT2D eigenvalue weighted by molar-refractivity contribution is 0.0778. The maximum absolute atomic E-state index is 6.03. The molecule has 1 atom stereocenters. The van der Waals surface area contributed by atoms with Crippen molar-refractivity contribution in [1.29, 1.82) is 0 Å². The molecule has 1 fully saturated rings. The molecule has 0 aromatic heterocycles. The molecule has 0 radical (unpaired) electrons. The van der Waals surface area contributed by atoms with Crippen molar-refractivity contribution in [1.82, 2.24) is 4.90 Å². The maximum Gasteiger partial charge on any atom is 0.332 e. The molecule has 1 aliphatic rings. The highest BCUT2D eigenvalue weighted by Crippen LogP contribution is 2.42. The zero-order chi connectivity index (χ0) is 23.7. The third-order valence-electron chi connectivity index (χ3n) is 5.93. The second-order valence-electron chi connectivity index (χ2n) is 8.62. The Balaban J connectivity index is 0.00000466. The van der Waals surface area contributed by atoms with E-state index in [-0.39, 0.29) is 6.10 Å². The van der Waals surface area contributed by atoms with Crippen LogP contribution in [0.15, 0.2) is 0 Å². The summed E-state index contributed by atoms with van der Waals surface area (Å²) >= 11 is 0. The lowest BCUT2D eigenvalue weighted by Crippen LogP contribution is -2.36. The number of likely N-dealkylation sites (tertiary alicyclic amines) is 1. The van der Waals surface area contributed by atoms with Crippen LogP contribution in [0.25, 0.3) is 0 Å². The van der Waals surface area contributed by atoms with Crippen LogP contribution in [-0.2, 0) is 13.6 Å². The highest BCUT2D eigenvalue weighted by Gasteiger charge is 2.23. The normalized spacial score (nSPS) is 15.7.